The number of hydrogen-bond acceptors (Lipinski definition) is 3. The van der Waals surface area contributed by atoms with Crippen LogP contribution in [0.2, 0.25) is 0 Å². The molecule has 88 valence electrons. The number of anilines is 1. The molecule has 0 atom stereocenters. The van der Waals surface area contributed by atoms with E-state index >= 15 is 0 Å². The van der Waals surface area contributed by atoms with Gasteiger partial charge in [0.1, 0.15) is 4.99 Å². The highest BCUT2D eigenvalue weighted by atomic mass is 32.1. The molecule has 0 saturated heterocycles. The van der Waals surface area contributed by atoms with Crippen molar-refractivity contribution in [3.05, 3.63) is 29.3 Å². The molecule has 0 aromatic heterocycles. The van der Waals surface area contributed by atoms with Crippen molar-refractivity contribution in [3.63, 3.8) is 0 Å². The van der Waals surface area contributed by atoms with E-state index in [1.54, 1.807) is 0 Å². The number of nitrogens with one attached hydrogen (secondary N) is 1. The van der Waals surface area contributed by atoms with E-state index in [-0.39, 0.29) is 0 Å². The van der Waals surface area contributed by atoms with E-state index < -0.39 is 0 Å². The molecule has 0 aliphatic rings. The molecule has 0 unspecified atom stereocenters. The summed E-state index contributed by atoms with van der Waals surface area (Å²) in [5, 5.41) is 3.31. The third kappa shape index (κ3) is 3.47. The molecule has 0 amide bonds. The summed E-state index contributed by atoms with van der Waals surface area (Å²) in [5.41, 5.74) is 8.72. The second kappa shape index (κ2) is 6.45. The summed E-state index contributed by atoms with van der Waals surface area (Å²) >= 11 is 5.02. The molecular formula is C12H18N2OS. The number of nitrogens with two attached hydrogens (primary N) is 1. The maximum atomic E-state index is 5.67. The van der Waals surface area contributed by atoms with Crippen molar-refractivity contribution in [2.24, 2.45) is 5.73 Å². The first kappa shape index (κ1) is 12.9. The van der Waals surface area contributed by atoms with Crippen molar-refractivity contribution in [1.82, 2.24) is 0 Å². The zero-order chi connectivity index (χ0) is 12.0. The maximum absolute atomic E-state index is 5.67. The fourth-order valence-electron chi connectivity index (χ4n) is 1.50. The van der Waals surface area contributed by atoms with Crippen molar-refractivity contribution in [2.45, 2.75) is 13.8 Å². The van der Waals surface area contributed by atoms with Crippen LogP contribution in [0.3, 0.4) is 0 Å². The van der Waals surface area contributed by atoms with E-state index in [1.807, 2.05) is 32.0 Å². The summed E-state index contributed by atoms with van der Waals surface area (Å²) in [7, 11) is 0. The highest BCUT2D eigenvalue weighted by molar-refractivity contribution is 7.80. The molecule has 3 nitrogen and oxygen atoms in total. The van der Waals surface area contributed by atoms with Crippen LogP contribution in [-0.2, 0) is 4.74 Å². The number of hydrogen-bond donors (Lipinski definition) is 2. The normalized spacial score (nSPS) is 10.1. The van der Waals surface area contributed by atoms with Gasteiger partial charge in [0.25, 0.3) is 0 Å². The Kier molecular flexibility index (Phi) is 5.22. The Bertz CT molecular complexity index is 366. The Balaban J connectivity index is 2.73. The molecule has 4 heteroatoms. The predicted molar refractivity (Wildman–Crippen MR) is 72.0 cm³/mol. The molecule has 1 aromatic rings. The molecule has 0 heterocycles. The van der Waals surface area contributed by atoms with Crippen molar-refractivity contribution in [3.8, 4) is 0 Å². The average molecular weight is 238 g/mol. The highest BCUT2D eigenvalue weighted by Gasteiger charge is 2.06. The third-order valence-electron chi connectivity index (χ3n) is 2.29. The predicted octanol–water partition coefficient (Wildman–Crippen LogP) is 2.08. The van der Waals surface area contributed by atoms with Gasteiger partial charge in [-0.05, 0) is 25.5 Å². The maximum Gasteiger partial charge on any atom is 0.106 e. The summed E-state index contributed by atoms with van der Waals surface area (Å²) in [6.45, 7) is 6.19. The van der Waals surface area contributed by atoms with Gasteiger partial charge in [0, 0.05) is 24.4 Å². The minimum absolute atomic E-state index is 0.419. The van der Waals surface area contributed by atoms with Gasteiger partial charge in [0.05, 0.1) is 6.61 Å². The fourth-order valence-corrected chi connectivity index (χ4v) is 1.67. The van der Waals surface area contributed by atoms with Gasteiger partial charge in [-0.1, -0.05) is 24.4 Å². The van der Waals surface area contributed by atoms with E-state index in [0.717, 1.165) is 30.0 Å². The minimum Gasteiger partial charge on any atom is -0.389 e. The van der Waals surface area contributed by atoms with Crippen molar-refractivity contribution >= 4 is 22.9 Å². The molecule has 0 aliphatic carbocycles. The number of thiocarbonyl (C=S) groups is 1. The lowest BCUT2D eigenvalue weighted by Gasteiger charge is -2.13. The molecule has 0 radical (unpaired) electrons. The first-order valence-corrected chi connectivity index (χ1v) is 5.78. The van der Waals surface area contributed by atoms with Crippen LogP contribution < -0.4 is 11.1 Å². The fraction of sp³-hybridized carbons (Fsp3) is 0.417. The van der Waals surface area contributed by atoms with Crippen LogP contribution in [-0.4, -0.2) is 24.7 Å². The number of aryl methyl sites for hydroxylation is 1. The van der Waals surface area contributed by atoms with E-state index in [2.05, 4.69) is 5.32 Å². The minimum atomic E-state index is 0.419. The quantitative estimate of drug-likeness (QED) is 0.588. The number of rotatable bonds is 6. The SMILES string of the molecule is CCOCCNc1c(C)cccc1C(N)=S. The van der Waals surface area contributed by atoms with Crippen molar-refractivity contribution < 1.29 is 4.74 Å². The van der Waals surface area contributed by atoms with Crippen LogP contribution in [0.15, 0.2) is 18.2 Å². The summed E-state index contributed by atoms with van der Waals surface area (Å²) in [5.74, 6) is 0. The molecule has 0 bridgehead atoms. The summed E-state index contributed by atoms with van der Waals surface area (Å²) in [4.78, 5) is 0.419. The molecule has 0 spiro atoms. The Morgan fingerprint density at radius 3 is 2.88 bits per heavy atom. The Labute approximate surface area is 102 Å². The Morgan fingerprint density at radius 1 is 1.50 bits per heavy atom. The van der Waals surface area contributed by atoms with Crippen LogP contribution in [0.1, 0.15) is 18.1 Å². The molecule has 0 aliphatic heterocycles. The standard InChI is InChI=1S/C12H18N2OS/c1-3-15-8-7-14-11-9(2)5-4-6-10(11)12(13)16/h4-6,14H,3,7-8H2,1-2H3,(H2,13,16). The van der Waals surface area contributed by atoms with Crippen LogP contribution in [0, 0.1) is 6.92 Å². The van der Waals surface area contributed by atoms with Gasteiger partial charge in [0.15, 0.2) is 0 Å². The average Bonchev–Trinajstić information content (AvgIpc) is 2.25. The van der Waals surface area contributed by atoms with Gasteiger partial charge >= 0.3 is 0 Å². The summed E-state index contributed by atoms with van der Waals surface area (Å²) in [6.07, 6.45) is 0. The lowest BCUT2D eigenvalue weighted by molar-refractivity contribution is 0.158. The topological polar surface area (TPSA) is 47.3 Å². The van der Waals surface area contributed by atoms with E-state index in [0.29, 0.717) is 11.6 Å². The zero-order valence-electron chi connectivity index (χ0n) is 9.75. The van der Waals surface area contributed by atoms with Crippen LogP contribution >= 0.6 is 12.2 Å². The lowest BCUT2D eigenvalue weighted by atomic mass is 10.1. The second-order valence-electron chi connectivity index (χ2n) is 3.49. The zero-order valence-corrected chi connectivity index (χ0v) is 10.6. The monoisotopic (exact) mass is 238 g/mol. The molecule has 0 fully saturated rings. The van der Waals surface area contributed by atoms with E-state index in [9.17, 15) is 0 Å². The molecule has 3 N–H and O–H groups in total. The largest absolute Gasteiger partial charge is 0.389 e. The lowest BCUT2D eigenvalue weighted by Crippen LogP contribution is -2.16. The number of ether oxygens (including phenoxy) is 1. The Hall–Kier alpha value is -1.13. The number of benzene rings is 1. The summed E-state index contributed by atoms with van der Waals surface area (Å²) < 4.78 is 5.27. The second-order valence-corrected chi connectivity index (χ2v) is 3.93. The molecule has 1 rings (SSSR count). The van der Waals surface area contributed by atoms with Crippen LogP contribution in [0.4, 0.5) is 5.69 Å². The van der Waals surface area contributed by atoms with Crippen LogP contribution in [0.5, 0.6) is 0 Å². The summed E-state index contributed by atoms with van der Waals surface area (Å²) in [6, 6.07) is 5.92. The van der Waals surface area contributed by atoms with Gasteiger partial charge in [-0.25, -0.2) is 0 Å². The van der Waals surface area contributed by atoms with Crippen LogP contribution in [0.25, 0.3) is 0 Å². The molecule has 16 heavy (non-hydrogen) atoms. The molecule has 0 saturated carbocycles. The highest BCUT2D eigenvalue weighted by Crippen LogP contribution is 2.20. The van der Waals surface area contributed by atoms with Crippen molar-refractivity contribution in [2.75, 3.05) is 25.1 Å². The van der Waals surface area contributed by atoms with Gasteiger partial charge in [-0.15, -0.1) is 0 Å². The molecular weight excluding hydrogens is 220 g/mol. The number of para-hydroxylation sites is 1. The first-order chi connectivity index (χ1) is 7.66. The van der Waals surface area contributed by atoms with E-state index in [1.165, 1.54) is 0 Å². The Morgan fingerprint density at radius 2 is 2.25 bits per heavy atom. The third-order valence-corrected chi connectivity index (χ3v) is 2.51. The first-order valence-electron chi connectivity index (χ1n) is 5.37. The van der Waals surface area contributed by atoms with Crippen molar-refractivity contribution in [1.29, 1.82) is 0 Å². The van der Waals surface area contributed by atoms with Gasteiger partial charge in [-0.2, -0.15) is 0 Å². The van der Waals surface area contributed by atoms with E-state index in [4.69, 9.17) is 22.7 Å². The van der Waals surface area contributed by atoms with Gasteiger partial charge in [0.2, 0.25) is 0 Å². The molecule has 1 aromatic carbocycles. The smallest absolute Gasteiger partial charge is 0.106 e. The van der Waals surface area contributed by atoms with Gasteiger partial charge < -0.3 is 15.8 Å². The van der Waals surface area contributed by atoms with Gasteiger partial charge in [-0.3, -0.25) is 0 Å².